The molecule has 0 amide bonds. The average Bonchev–Trinajstić information content (AvgIpc) is 2.94. The van der Waals surface area contributed by atoms with Crippen LogP contribution in [0.2, 0.25) is 0 Å². The van der Waals surface area contributed by atoms with E-state index < -0.39 is 29.4 Å². The lowest BCUT2D eigenvalue weighted by atomic mass is 9.66. The van der Waals surface area contributed by atoms with Gasteiger partial charge in [-0.1, -0.05) is 61.7 Å². The summed E-state index contributed by atoms with van der Waals surface area (Å²) in [5.74, 6) is -1.82. The molecule has 0 aliphatic heterocycles. The Kier molecular flexibility index (Phi) is 10.3. The van der Waals surface area contributed by atoms with Crippen molar-refractivity contribution in [3.8, 4) is 11.5 Å². The van der Waals surface area contributed by atoms with E-state index in [-0.39, 0.29) is 25.2 Å². The zero-order chi connectivity index (χ0) is 28.4. The minimum absolute atomic E-state index is 0.00470. The fourth-order valence-electron chi connectivity index (χ4n) is 4.93. The van der Waals surface area contributed by atoms with Crippen LogP contribution in [0.3, 0.4) is 0 Å². The van der Waals surface area contributed by atoms with Gasteiger partial charge in [0.15, 0.2) is 11.5 Å². The Hall–Kier alpha value is -4.04. The van der Waals surface area contributed by atoms with Crippen molar-refractivity contribution >= 4 is 11.9 Å². The first kappa shape index (κ1) is 29.5. The van der Waals surface area contributed by atoms with E-state index in [0.717, 1.165) is 5.56 Å². The molecule has 2 N–H and O–H groups in total. The van der Waals surface area contributed by atoms with E-state index in [9.17, 15) is 14.7 Å². The van der Waals surface area contributed by atoms with Gasteiger partial charge in [0.1, 0.15) is 13.2 Å². The maximum absolute atomic E-state index is 13.5. The van der Waals surface area contributed by atoms with Crippen molar-refractivity contribution in [2.75, 3.05) is 34.0 Å². The smallest absolute Gasteiger partial charge is 0.336 e. The fraction of sp³-hybridized carbons (Fsp3) is 0.355. The summed E-state index contributed by atoms with van der Waals surface area (Å²) in [7, 11) is 3.16. The van der Waals surface area contributed by atoms with Crippen LogP contribution < -0.4 is 14.8 Å². The quantitative estimate of drug-likeness (QED) is 0.292. The van der Waals surface area contributed by atoms with Crippen LogP contribution >= 0.6 is 0 Å². The topological polar surface area (TPSA) is 103 Å². The Labute approximate surface area is 229 Å². The molecule has 0 saturated heterocycles. The molecule has 8 nitrogen and oxygen atoms in total. The highest BCUT2D eigenvalue weighted by molar-refractivity contribution is 5.94. The molecule has 1 aliphatic rings. The van der Waals surface area contributed by atoms with Gasteiger partial charge in [0, 0.05) is 24.6 Å². The number of methoxy groups -OCH3 is 2. The van der Waals surface area contributed by atoms with Crippen LogP contribution in [0.25, 0.3) is 0 Å². The highest BCUT2D eigenvalue weighted by Gasteiger charge is 2.52. The second kappa shape index (κ2) is 13.7. The molecule has 0 aromatic heterocycles. The summed E-state index contributed by atoms with van der Waals surface area (Å²) in [5.41, 5.74) is 0.943. The first-order valence-electron chi connectivity index (χ1n) is 12.8. The number of carbonyl (C=O) groups excluding carboxylic acids is 2. The number of carbonyl (C=O) groups is 2. The molecule has 0 bridgehead atoms. The molecule has 2 aromatic rings. The zero-order valence-corrected chi connectivity index (χ0v) is 22.8. The van der Waals surface area contributed by atoms with E-state index in [1.807, 2.05) is 48.5 Å². The van der Waals surface area contributed by atoms with Crippen molar-refractivity contribution in [3.63, 3.8) is 0 Å². The standard InChI is InChI=1S/C31H37NO7/c1-6-17-38-29(33)27-23(32-16-15-21-13-14-24(36-4)25(19-21)37-5)20-31(3,35)28(30(34)39-18-7-2)26(27)22-11-9-8-10-12-22/h6-14,19,26,28,32,35H,1-2,15-18,20H2,3-5H3/t26-,28+,31+/m0/s1. The first-order valence-corrected chi connectivity index (χ1v) is 12.8. The minimum Gasteiger partial charge on any atom is -0.493 e. The van der Waals surface area contributed by atoms with Gasteiger partial charge in [-0.05, 0) is 36.6 Å². The molecule has 2 aromatic carbocycles. The van der Waals surface area contributed by atoms with Gasteiger partial charge >= 0.3 is 11.9 Å². The van der Waals surface area contributed by atoms with E-state index in [2.05, 4.69) is 18.5 Å². The van der Waals surface area contributed by atoms with Crippen LogP contribution in [-0.4, -0.2) is 56.6 Å². The largest absolute Gasteiger partial charge is 0.493 e. The maximum atomic E-state index is 13.5. The van der Waals surface area contributed by atoms with Crippen molar-refractivity contribution in [2.24, 2.45) is 5.92 Å². The van der Waals surface area contributed by atoms with Crippen molar-refractivity contribution in [1.29, 1.82) is 0 Å². The van der Waals surface area contributed by atoms with Crippen molar-refractivity contribution < 1.29 is 33.6 Å². The molecule has 0 fully saturated rings. The van der Waals surface area contributed by atoms with Gasteiger partial charge in [-0.25, -0.2) is 4.79 Å². The molecule has 0 unspecified atom stereocenters. The van der Waals surface area contributed by atoms with Gasteiger partial charge in [-0.15, -0.1) is 0 Å². The summed E-state index contributed by atoms with van der Waals surface area (Å²) >= 11 is 0. The first-order chi connectivity index (χ1) is 18.8. The predicted molar refractivity (Wildman–Crippen MR) is 149 cm³/mol. The lowest BCUT2D eigenvalue weighted by Crippen LogP contribution is -2.50. The number of ether oxygens (including phenoxy) is 4. The van der Waals surface area contributed by atoms with Gasteiger partial charge < -0.3 is 29.4 Å². The second-order valence-corrected chi connectivity index (χ2v) is 9.46. The number of hydrogen-bond donors (Lipinski definition) is 2. The second-order valence-electron chi connectivity index (χ2n) is 9.46. The molecule has 3 rings (SSSR count). The predicted octanol–water partition coefficient (Wildman–Crippen LogP) is 4.10. The molecular formula is C31H37NO7. The summed E-state index contributed by atoms with van der Waals surface area (Å²) < 4.78 is 21.6. The molecule has 208 valence electrons. The maximum Gasteiger partial charge on any atom is 0.336 e. The lowest BCUT2D eigenvalue weighted by molar-refractivity contribution is -0.159. The summed E-state index contributed by atoms with van der Waals surface area (Å²) in [6.45, 7) is 9.27. The monoisotopic (exact) mass is 535 g/mol. The number of esters is 2. The van der Waals surface area contributed by atoms with Gasteiger partial charge in [-0.2, -0.15) is 0 Å². The Morgan fingerprint density at radius 2 is 1.69 bits per heavy atom. The van der Waals surface area contributed by atoms with E-state index in [1.165, 1.54) is 12.2 Å². The number of aliphatic hydroxyl groups is 1. The lowest BCUT2D eigenvalue weighted by Gasteiger charge is -2.43. The normalized spacial score (nSPS) is 20.5. The Bertz CT molecular complexity index is 1200. The summed E-state index contributed by atoms with van der Waals surface area (Å²) in [4.78, 5) is 26.8. The molecule has 39 heavy (non-hydrogen) atoms. The Morgan fingerprint density at radius 1 is 1.03 bits per heavy atom. The summed E-state index contributed by atoms with van der Waals surface area (Å²) in [6, 6.07) is 14.8. The highest BCUT2D eigenvalue weighted by atomic mass is 16.5. The van der Waals surface area contributed by atoms with Gasteiger partial charge in [-0.3, -0.25) is 4.79 Å². The minimum atomic E-state index is -1.52. The SMILES string of the molecule is C=CCOC(=O)C1=C(NCCc2ccc(OC)c(OC)c2)C[C@@](C)(O)[C@@H](C(=O)OCC=C)[C@H]1c1ccccc1. The third-order valence-corrected chi connectivity index (χ3v) is 6.68. The molecule has 3 atom stereocenters. The molecule has 1 aliphatic carbocycles. The third-order valence-electron chi connectivity index (χ3n) is 6.68. The van der Waals surface area contributed by atoms with Gasteiger partial charge in [0.25, 0.3) is 0 Å². The van der Waals surface area contributed by atoms with Crippen molar-refractivity contribution in [3.05, 3.63) is 96.2 Å². The van der Waals surface area contributed by atoms with Crippen LogP contribution in [0.5, 0.6) is 11.5 Å². The van der Waals surface area contributed by atoms with Gasteiger partial charge in [0.2, 0.25) is 0 Å². The zero-order valence-electron chi connectivity index (χ0n) is 22.8. The highest BCUT2D eigenvalue weighted by Crippen LogP contribution is 2.47. The number of nitrogens with one attached hydrogen (secondary N) is 1. The molecule has 8 heteroatoms. The number of hydrogen-bond acceptors (Lipinski definition) is 8. The van der Waals surface area contributed by atoms with Crippen LogP contribution in [0.15, 0.2) is 85.1 Å². The fourth-order valence-corrected chi connectivity index (χ4v) is 4.93. The van der Waals surface area contributed by atoms with Crippen LogP contribution in [0, 0.1) is 5.92 Å². The van der Waals surface area contributed by atoms with E-state index in [1.54, 1.807) is 21.1 Å². The molecule has 0 heterocycles. The third kappa shape index (κ3) is 7.09. The van der Waals surface area contributed by atoms with Crippen molar-refractivity contribution in [1.82, 2.24) is 5.32 Å². The molecule has 0 spiro atoms. The van der Waals surface area contributed by atoms with E-state index in [4.69, 9.17) is 18.9 Å². The average molecular weight is 536 g/mol. The van der Waals surface area contributed by atoms with Crippen molar-refractivity contribution in [2.45, 2.75) is 31.3 Å². The molecular weight excluding hydrogens is 498 g/mol. The van der Waals surface area contributed by atoms with E-state index >= 15 is 0 Å². The molecule has 0 radical (unpaired) electrons. The van der Waals surface area contributed by atoms with Crippen LogP contribution in [0.1, 0.15) is 30.4 Å². The Morgan fingerprint density at radius 3 is 2.33 bits per heavy atom. The van der Waals surface area contributed by atoms with E-state index in [0.29, 0.717) is 35.7 Å². The Balaban J connectivity index is 2.03. The number of benzene rings is 2. The summed E-state index contributed by atoms with van der Waals surface area (Å²) in [6.07, 6.45) is 3.56. The molecule has 0 saturated carbocycles. The summed E-state index contributed by atoms with van der Waals surface area (Å²) in [5, 5.41) is 15.0. The van der Waals surface area contributed by atoms with Crippen LogP contribution in [0.4, 0.5) is 0 Å². The number of rotatable bonds is 13. The van der Waals surface area contributed by atoms with Gasteiger partial charge in [0.05, 0.1) is 31.3 Å². The van der Waals surface area contributed by atoms with Crippen LogP contribution in [-0.2, 0) is 25.5 Å².